The molecule has 2 heterocycles. The fraction of sp³-hybridized carbons (Fsp3) is 0.174. The van der Waals surface area contributed by atoms with E-state index >= 15 is 0 Å². The Balaban J connectivity index is 1.74. The molecule has 0 radical (unpaired) electrons. The molecule has 3 aromatic rings. The molecule has 144 valence electrons. The highest BCUT2D eigenvalue weighted by Crippen LogP contribution is 2.53. The van der Waals surface area contributed by atoms with Crippen molar-refractivity contribution in [2.75, 3.05) is 6.54 Å². The van der Waals surface area contributed by atoms with Crippen LogP contribution in [0.25, 0.3) is 0 Å². The average molecular weight is 423 g/mol. The largest absolute Gasteiger partial charge is 0.482 e. The third kappa shape index (κ3) is 2.78. The molecule has 4 nitrogen and oxygen atoms in total. The van der Waals surface area contributed by atoms with Crippen LogP contribution >= 0.6 is 23.2 Å². The van der Waals surface area contributed by atoms with Gasteiger partial charge in [-0.05, 0) is 35.4 Å². The summed E-state index contributed by atoms with van der Waals surface area (Å²) in [5.41, 5.74) is 0.938. The summed E-state index contributed by atoms with van der Waals surface area (Å²) in [6, 6.07) is 22.2. The van der Waals surface area contributed by atoms with Gasteiger partial charge in [0.15, 0.2) is 11.6 Å². The Hall–Kier alpha value is -2.69. The Morgan fingerprint density at radius 2 is 1.72 bits per heavy atom. The summed E-state index contributed by atoms with van der Waals surface area (Å²) in [5.74, 6) is 0.0869. The van der Waals surface area contributed by atoms with E-state index in [1.165, 1.54) is 0 Å². The topological polar surface area (TPSA) is 51.0 Å². The van der Waals surface area contributed by atoms with Gasteiger partial charge in [-0.15, -0.1) is 0 Å². The van der Waals surface area contributed by atoms with E-state index < -0.39 is 11.6 Å². The first-order valence-electron chi connectivity index (χ1n) is 9.30. The molecule has 0 saturated carbocycles. The average Bonchev–Trinajstić information content (AvgIpc) is 3.17. The molecule has 0 fully saturated rings. The van der Waals surface area contributed by atoms with Gasteiger partial charge in [0.05, 0.1) is 12.1 Å². The number of carbonyl (C=O) groups excluding carboxylic acids is 1. The quantitative estimate of drug-likeness (QED) is 0.486. The van der Waals surface area contributed by atoms with Crippen LogP contribution in [-0.2, 0) is 0 Å². The number of hydrogen-bond acceptors (Lipinski definition) is 4. The summed E-state index contributed by atoms with van der Waals surface area (Å²) in [5, 5.41) is 9.89. The van der Waals surface area contributed by atoms with Crippen LogP contribution in [0.15, 0.2) is 83.0 Å². The van der Waals surface area contributed by atoms with Crippen molar-refractivity contribution in [2.24, 2.45) is 10.2 Å². The van der Waals surface area contributed by atoms with E-state index in [0.717, 1.165) is 11.1 Å². The van der Waals surface area contributed by atoms with E-state index in [2.05, 4.69) is 10.2 Å². The zero-order valence-electron chi connectivity index (χ0n) is 15.3. The highest BCUT2D eigenvalue weighted by molar-refractivity contribution is 6.35. The third-order valence-corrected chi connectivity index (χ3v) is 6.17. The van der Waals surface area contributed by atoms with Gasteiger partial charge in [0.25, 0.3) is 0 Å². The number of halogens is 2. The van der Waals surface area contributed by atoms with Crippen LogP contribution in [0, 0.1) is 0 Å². The number of ether oxygens (including phenoxy) is 1. The first-order chi connectivity index (χ1) is 14.1. The molecule has 1 spiro atoms. The minimum Gasteiger partial charge on any atom is -0.482 e. The maximum absolute atomic E-state index is 13.9. The zero-order chi connectivity index (χ0) is 20.0. The number of fused-ring (bicyclic) bond motifs is 1. The molecule has 2 aliphatic heterocycles. The van der Waals surface area contributed by atoms with Crippen LogP contribution in [0.2, 0.25) is 10.0 Å². The van der Waals surface area contributed by atoms with E-state index in [4.69, 9.17) is 27.9 Å². The van der Waals surface area contributed by atoms with Crippen molar-refractivity contribution < 1.29 is 9.53 Å². The first kappa shape index (κ1) is 18.3. The highest BCUT2D eigenvalue weighted by Gasteiger charge is 2.60. The predicted molar refractivity (Wildman–Crippen MR) is 112 cm³/mol. The Morgan fingerprint density at radius 1 is 0.966 bits per heavy atom. The molecule has 6 heteroatoms. The number of nitrogens with zero attached hydrogens (tertiary/aromatic N) is 2. The van der Waals surface area contributed by atoms with Crippen LogP contribution in [0.3, 0.4) is 0 Å². The Morgan fingerprint density at radius 3 is 2.52 bits per heavy atom. The highest BCUT2D eigenvalue weighted by atomic mass is 35.5. The standard InChI is InChI=1S/C23H16Cl2N2O2/c24-15-10-11-16(19(25)12-15)18-13-26-27-23(18)21(28)17-8-4-5-9-20(17)29-22(23)14-6-2-1-3-7-14/h1-12,18,22H,13H2/t18-,22-,23-/m0/s1. The lowest BCUT2D eigenvalue weighted by Crippen LogP contribution is -2.51. The van der Waals surface area contributed by atoms with E-state index in [0.29, 0.717) is 27.9 Å². The minimum absolute atomic E-state index is 0.106. The second kappa shape index (κ2) is 6.97. The van der Waals surface area contributed by atoms with Gasteiger partial charge in [0.2, 0.25) is 5.78 Å². The molecule has 0 aromatic heterocycles. The molecule has 3 aromatic carbocycles. The van der Waals surface area contributed by atoms with Crippen molar-refractivity contribution in [2.45, 2.75) is 17.6 Å². The number of ketones is 1. The second-order valence-corrected chi connectivity index (χ2v) is 8.05. The van der Waals surface area contributed by atoms with Crippen molar-refractivity contribution in [1.82, 2.24) is 0 Å². The molecule has 0 N–H and O–H groups in total. The lowest BCUT2D eigenvalue weighted by molar-refractivity contribution is 0.0522. The number of hydrogen-bond donors (Lipinski definition) is 0. The Kier molecular flexibility index (Phi) is 4.41. The first-order valence-corrected chi connectivity index (χ1v) is 10.1. The summed E-state index contributed by atoms with van der Waals surface area (Å²) in [4.78, 5) is 13.9. The fourth-order valence-electron chi connectivity index (χ4n) is 4.27. The normalized spacial score (nSPS) is 25.1. The van der Waals surface area contributed by atoms with Gasteiger partial charge < -0.3 is 4.74 Å². The molecule has 3 atom stereocenters. The van der Waals surface area contributed by atoms with Gasteiger partial charge >= 0.3 is 0 Å². The van der Waals surface area contributed by atoms with Gasteiger partial charge in [-0.3, -0.25) is 4.79 Å². The summed E-state index contributed by atoms with van der Waals surface area (Å²) in [7, 11) is 0. The summed E-state index contributed by atoms with van der Waals surface area (Å²) in [6.07, 6.45) is -0.617. The van der Waals surface area contributed by atoms with E-state index in [1.807, 2.05) is 54.6 Å². The number of azo groups is 1. The van der Waals surface area contributed by atoms with Gasteiger partial charge in [0, 0.05) is 16.0 Å². The van der Waals surface area contributed by atoms with Gasteiger partial charge in [0.1, 0.15) is 5.75 Å². The predicted octanol–water partition coefficient (Wildman–Crippen LogP) is 6.30. The van der Waals surface area contributed by atoms with Crippen molar-refractivity contribution in [1.29, 1.82) is 0 Å². The van der Waals surface area contributed by atoms with Gasteiger partial charge in [-0.1, -0.05) is 71.7 Å². The smallest absolute Gasteiger partial charge is 0.200 e. The molecule has 0 aliphatic carbocycles. The summed E-state index contributed by atoms with van der Waals surface area (Å²) < 4.78 is 6.40. The van der Waals surface area contributed by atoms with Crippen molar-refractivity contribution in [3.63, 3.8) is 0 Å². The van der Waals surface area contributed by atoms with Crippen molar-refractivity contribution >= 4 is 29.0 Å². The van der Waals surface area contributed by atoms with Crippen LogP contribution in [-0.4, -0.2) is 17.9 Å². The summed E-state index contributed by atoms with van der Waals surface area (Å²) in [6.45, 7) is 0.349. The maximum atomic E-state index is 13.9. The molecule has 0 amide bonds. The molecule has 2 aliphatic rings. The van der Waals surface area contributed by atoms with Crippen LogP contribution in [0.4, 0.5) is 0 Å². The summed E-state index contributed by atoms with van der Waals surface area (Å²) >= 11 is 12.6. The third-order valence-electron chi connectivity index (χ3n) is 5.61. The lowest BCUT2D eigenvalue weighted by atomic mass is 9.69. The number of benzene rings is 3. The van der Waals surface area contributed by atoms with Crippen molar-refractivity contribution in [3.05, 3.63) is 99.5 Å². The molecule has 5 rings (SSSR count). The monoisotopic (exact) mass is 422 g/mol. The number of carbonyl (C=O) groups is 1. The molecular formula is C23H16Cl2N2O2. The zero-order valence-corrected chi connectivity index (χ0v) is 16.8. The number of para-hydroxylation sites is 1. The maximum Gasteiger partial charge on any atom is 0.200 e. The van der Waals surface area contributed by atoms with Gasteiger partial charge in [-0.25, -0.2) is 0 Å². The molecule has 0 unspecified atom stereocenters. The van der Waals surface area contributed by atoms with Crippen LogP contribution in [0.5, 0.6) is 5.75 Å². The number of Topliss-reactive ketones (excluding diaryl/α,β-unsaturated/α-hetero) is 1. The van der Waals surface area contributed by atoms with Crippen LogP contribution in [0.1, 0.15) is 33.5 Å². The number of rotatable bonds is 2. The lowest BCUT2D eigenvalue weighted by Gasteiger charge is -2.41. The Labute approximate surface area is 178 Å². The van der Waals surface area contributed by atoms with Gasteiger partial charge in [-0.2, -0.15) is 10.2 Å². The fourth-order valence-corrected chi connectivity index (χ4v) is 4.81. The van der Waals surface area contributed by atoms with E-state index in [1.54, 1.807) is 18.2 Å². The minimum atomic E-state index is -1.23. The Bertz CT molecular complexity index is 1130. The molecule has 0 bridgehead atoms. The van der Waals surface area contributed by atoms with Crippen LogP contribution < -0.4 is 4.74 Å². The molecule has 0 saturated heterocycles. The van der Waals surface area contributed by atoms with E-state index in [-0.39, 0.29) is 11.7 Å². The van der Waals surface area contributed by atoms with Crippen molar-refractivity contribution in [3.8, 4) is 5.75 Å². The second-order valence-electron chi connectivity index (χ2n) is 7.20. The SMILES string of the molecule is O=C1c2ccccc2O[C@@H](c2ccccc2)[C@@]12N=NC[C@H]2c1ccc(Cl)cc1Cl. The van der Waals surface area contributed by atoms with E-state index in [9.17, 15) is 4.79 Å². The molecule has 29 heavy (non-hydrogen) atoms. The molecular weight excluding hydrogens is 407 g/mol.